The van der Waals surface area contributed by atoms with Gasteiger partial charge in [0.15, 0.2) is 0 Å². The molecule has 0 spiro atoms. The molecule has 0 aromatic heterocycles. The number of hydrogen-bond donors (Lipinski definition) is 0. The fourth-order valence-corrected chi connectivity index (χ4v) is 1.58. The molecular weight excluding hydrogens is 238 g/mol. The maximum atomic E-state index is 10.1. The summed E-state index contributed by atoms with van der Waals surface area (Å²) in [6.45, 7) is 2.22. The zero-order valence-corrected chi connectivity index (χ0v) is 13.5. The Hall–Kier alpha value is 2.11. The number of unbranched alkanes of at least 4 members (excludes halogenated alkanes) is 8. The molecule has 0 amide bonds. The first-order chi connectivity index (χ1) is 6.77. The number of carboxylic acid groups (broad SMARTS) is 1. The van der Waals surface area contributed by atoms with Crippen molar-refractivity contribution in [1.29, 1.82) is 0 Å². The molecule has 16 heavy (non-hydrogen) atoms. The SMILES string of the molecule is CCCCCCCCCCCC(=O)[O-].[K+].[NaH]. The van der Waals surface area contributed by atoms with Crippen molar-refractivity contribution in [1.82, 2.24) is 0 Å². The van der Waals surface area contributed by atoms with Crippen molar-refractivity contribution in [2.24, 2.45) is 0 Å². The molecule has 0 aliphatic rings. The number of carbonyl (C=O) groups is 1. The van der Waals surface area contributed by atoms with Crippen molar-refractivity contribution in [3.8, 4) is 0 Å². The zero-order chi connectivity index (χ0) is 10.6. The Morgan fingerprint density at radius 2 is 1.25 bits per heavy atom. The molecular formula is C12H24KNaO2. The quantitative estimate of drug-likeness (QED) is 0.375. The summed E-state index contributed by atoms with van der Waals surface area (Å²) in [5, 5.41) is 10.1. The van der Waals surface area contributed by atoms with E-state index in [1.54, 1.807) is 0 Å². The van der Waals surface area contributed by atoms with Crippen LogP contribution >= 0.6 is 0 Å². The van der Waals surface area contributed by atoms with E-state index < -0.39 is 5.97 Å². The Balaban J connectivity index is -0.000000845. The van der Waals surface area contributed by atoms with Gasteiger partial charge < -0.3 is 9.90 Å². The van der Waals surface area contributed by atoms with Gasteiger partial charge in [-0.2, -0.15) is 0 Å². The molecule has 0 saturated carbocycles. The molecule has 0 aliphatic carbocycles. The van der Waals surface area contributed by atoms with Crippen LogP contribution < -0.4 is 56.5 Å². The molecule has 0 fully saturated rings. The summed E-state index contributed by atoms with van der Waals surface area (Å²) in [7, 11) is 0. The fourth-order valence-electron chi connectivity index (χ4n) is 1.58. The summed E-state index contributed by atoms with van der Waals surface area (Å²) in [6, 6.07) is 0. The van der Waals surface area contributed by atoms with E-state index in [-0.39, 0.29) is 87.4 Å². The summed E-state index contributed by atoms with van der Waals surface area (Å²) in [6.07, 6.45) is 11.2. The molecule has 0 N–H and O–H groups in total. The van der Waals surface area contributed by atoms with Crippen LogP contribution in [0.2, 0.25) is 0 Å². The molecule has 0 saturated heterocycles. The standard InChI is InChI=1S/C12H24O2.K.Na.H/c1-2-3-4-5-6-7-8-9-10-11-12(13)14;;;/h2-11H2,1H3,(H,13,14);;;/q;+1;;/p-1. The molecule has 0 bridgehead atoms. The summed E-state index contributed by atoms with van der Waals surface area (Å²) >= 11 is 0. The summed E-state index contributed by atoms with van der Waals surface area (Å²) in [4.78, 5) is 10.1. The van der Waals surface area contributed by atoms with E-state index in [1.165, 1.54) is 44.9 Å². The van der Waals surface area contributed by atoms with Gasteiger partial charge in [-0.25, -0.2) is 0 Å². The van der Waals surface area contributed by atoms with Crippen LogP contribution in [0.1, 0.15) is 71.1 Å². The Morgan fingerprint density at radius 3 is 1.62 bits per heavy atom. The van der Waals surface area contributed by atoms with Crippen LogP contribution in [0.25, 0.3) is 0 Å². The van der Waals surface area contributed by atoms with Crippen LogP contribution in [0.3, 0.4) is 0 Å². The third-order valence-corrected chi connectivity index (χ3v) is 2.48. The molecule has 2 nitrogen and oxygen atoms in total. The van der Waals surface area contributed by atoms with Gasteiger partial charge in [0.05, 0.1) is 0 Å². The number of aliphatic carboxylic acids is 1. The van der Waals surface area contributed by atoms with Crippen LogP contribution in [0.4, 0.5) is 0 Å². The second-order valence-corrected chi connectivity index (χ2v) is 3.95. The molecule has 0 aliphatic heterocycles. The Morgan fingerprint density at radius 1 is 0.875 bits per heavy atom. The van der Waals surface area contributed by atoms with Gasteiger partial charge in [0.1, 0.15) is 0 Å². The van der Waals surface area contributed by atoms with Crippen molar-refractivity contribution >= 4 is 35.5 Å². The second-order valence-electron chi connectivity index (χ2n) is 3.95. The van der Waals surface area contributed by atoms with Crippen LogP contribution in [-0.4, -0.2) is 35.5 Å². The van der Waals surface area contributed by atoms with Gasteiger partial charge in [0.25, 0.3) is 0 Å². The minimum atomic E-state index is -0.909. The Kier molecular flexibility index (Phi) is 28.2. The Labute approximate surface area is 165 Å². The first kappa shape index (κ1) is 23.2. The second kappa shape index (κ2) is 19.4. The average molecular weight is 262 g/mol. The fraction of sp³-hybridized carbons (Fsp3) is 0.917. The number of rotatable bonds is 10. The molecule has 4 heteroatoms. The van der Waals surface area contributed by atoms with Gasteiger partial charge in [-0.3, -0.25) is 0 Å². The average Bonchev–Trinajstić information content (AvgIpc) is 2.15. The van der Waals surface area contributed by atoms with Gasteiger partial charge >= 0.3 is 80.9 Å². The maximum absolute atomic E-state index is 10.1. The van der Waals surface area contributed by atoms with Crippen LogP contribution in [0.15, 0.2) is 0 Å². The first-order valence-corrected chi connectivity index (χ1v) is 5.97. The van der Waals surface area contributed by atoms with Crippen LogP contribution in [0, 0.1) is 0 Å². The van der Waals surface area contributed by atoms with Gasteiger partial charge in [0.2, 0.25) is 0 Å². The van der Waals surface area contributed by atoms with E-state index in [9.17, 15) is 9.90 Å². The monoisotopic (exact) mass is 262 g/mol. The van der Waals surface area contributed by atoms with Crippen molar-refractivity contribution in [2.75, 3.05) is 0 Å². The summed E-state index contributed by atoms with van der Waals surface area (Å²) < 4.78 is 0. The normalized spacial score (nSPS) is 9.06. The van der Waals surface area contributed by atoms with Crippen molar-refractivity contribution in [3.63, 3.8) is 0 Å². The van der Waals surface area contributed by atoms with Crippen molar-refractivity contribution in [2.45, 2.75) is 71.1 Å². The number of hydrogen-bond acceptors (Lipinski definition) is 2. The molecule has 0 atom stereocenters. The predicted octanol–water partition coefficient (Wildman–Crippen LogP) is -0.987. The van der Waals surface area contributed by atoms with E-state index in [0.29, 0.717) is 0 Å². The van der Waals surface area contributed by atoms with Crippen LogP contribution in [0.5, 0.6) is 0 Å². The molecule has 0 rings (SSSR count). The Bertz CT molecular complexity index is 143. The predicted molar refractivity (Wildman–Crippen MR) is 64.0 cm³/mol. The van der Waals surface area contributed by atoms with E-state index >= 15 is 0 Å². The van der Waals surface area contributed by atoms with E-state index in [1.807, 2.05) is 0 Å². The summed E-state index contributed by atoms with van der Waals surface area (Å²) in [5.74, 6) is -0.909. The van der Waals surface area contributed by atoms with Crippen molar-refractivity contribution in [3.05, 3.63) is 0 Å². The topological polar surface area (TPSA) is 40.1 Å². The number of carbonyl (C=O) groups excluding carboxylic acids is 1. The molecule has 86 valence electrons. The summed E-state index contributed by atoms with van der Waals surface area (Å²) in [5.41, 5.74) is 0. The molecule has 0 aromatic carbocycles. The van der Waals surface area contributed by atoms with Gasteiger partial charge in [-0.15, -0.1) is 0 Å². The van der Waals surface area contributed by atoms with Gasteiger partial charge in [-0.05, 0) is 12.8 Å². The zero-order valence-electron chi connectivity index (χ0n) is 10.4. The van der Waals surface area contributed by atoms with Gasteiger partial charge in [0, 0.05) is 5.97 Å². The third kappa shape index (κ3) is 21.4. The first-order valence-electron chi connectivity index (χ1n) is 5.97. The van der Waals surface area contributed by atoms with E-state index in [4.69, 9.17) is 0 Å². The number of carboxylic acids is 1. The molecule has 0 heterocycles. The van der Waals surface area contributed by atoms with E-state index in [0.717, 1.165) is 12.8 Å². The molecule has 0 unspecified atom stereocenters. The third-order valence-electron chi connectivity index (χ3n) is 2.48. The minimum absolute atomic E-state index is 0. The van der Waals surface area contributed by atoms with Crippen LogP contribution in [-0.2, 0) is 4.79 Å². The van der Waals surface area contributed by atoms with Gasteiger partial charge in [-0.1, -0.05) is 58.3 Å². The van der Waals surface area contributed by atoms with E-state index in [2.05, 4.69) is 6.92 Å². The molecule has 0 radical (unpaired) electrons. The van der Waals surface area contributed by atoms with Crippen molar-refractivity contribution < 1.29 is 61.3 Å². The molecule has 0 aromatic rings.